The van der Waals surface area contributed by atoms with Gasteiger partial charge in [0.05, 0.1) is 0 Å². The summed E-state index contributed by atoms with van der Waals surface area (Å²) in [4.78, 5) is 0. The van der Waals surface area contributed by atoms with Crippen molar-refractivity contribution in [1.29, 1.82) is 0 Å². The minimum absolute atomic E-state index is 0. The second-order valence-corrected chi connectivity index (χ2v) is 0.493. The van der Waals surface area contributed by atoms with E-state index in [4.69, 9.17) is 5.63 Å². The van der Waals surface area contributed by atoms with Gasteiger partial charge in [-0.25, -0.2) is 0 Å². The number of hydrogen-bond acceptors (Lipinski definition) is 2. The summed E-state index contributed by atoms with van der Waals surface area (Å²) >= 11 is -2.27. The summed E-state index contributed by atoms with van der Waals surface area (Å²) in [7, 11) is 0. The molecule has 0 heterocycles. The van der Waals surface area contributed by atoms with Crippen molar-refractivity contribution in [3.8, 4) is 0 Å². The molecule has 0 aliphatic heterocycles. The summed E-state index contributed by atoms with van der Waals surface area (Å²) in [6.07, 6.45) is 0. The molecular weight excluding hydrogens is 251 g/mol. The monoisotopic (exact) mass is 266 g/mol. The van der Waals surface area contributed by atoms with Crippen molar-refractivity contribution in [2.24, 2.45) is 0 Å². The zero-order valence-corrected chi connectivity index (χ0v) is 7.77. The van der Waals surface area contributed by atoms with Crippen molar-refractivity contribution >= 4 is 0 Å². The van der Waals surface area contributed by atoms with Gasteiger partial charge in [-0.15, -0.1) is 0 Å². The molecule has 0 bridgehead atoms. The molecule has 0 unspecified atom stereocenters. The molecule has 0 fully saturated rings. The molecule has 0 spiro atoms. The predicted molar refractivity (Wildman–Crippen MR) is 30.3 cm³/mol. The van der Waals surface area contributed by atoms with Crippen molar-refractivity contribution in [3.63, 3.8) is 0 Å². The first kappa shape index (κ1) is 246. The topological polar surface area (TPSA) is 286 Å². The maximum absolute atomic E-state index is 8.54. The van der Waals surface area contributed by atoms with Crippen LogP contribution < -0.4 is 0 Å². The Morgan fingerprint density at radius 1 is 0.455 bits per heavy atom. The standard InChI is InChI=1S/8H2O.2O.Zr/h8*1H2;;;. The maximum atomic E-state index is 8.54. The van der Waals surface area contributed by atoms with Gasteiger partial charge in [0.15, 0.2) is 0 Å². The molecule has 0 rings (SSSR count). The van der Waals surface area contributed by atoms with Crippen molar-refractivity contribution < 1.29 is 72.7 Å². The first-order chi connectivity index (χ1) is 1.41. The zero-order chi connectivity index (χ0) is 2.71. The molecule has 0 amide bonds. The Kier molecular flexibility index (Phi) is 14100. The fraction of sp³-hybridized carbons (Fsp3) is 0. The van der Waals surface area contributed by atoms with Gasteiger partial charge < -0.3 is 43.8 Å². The van der Waals surface area contributed by atoms with Crippen LogP contribution in [0.5, 0.6) is 0 Å². The Labute approximate surface area is 73.1 Å². The molecule has 80 valence electrons. The van der Waals surface area contributed by atoms with Crippen molar-refractivity contribution in [1.82, 2.24) is 0 Å². The first-order valence-corrected chi connectivity index (χ1v) is 2.42. The number of hydrogen-bond donors (Lipinski definition) is 0. The zero-order valence-electron chi connectivity index (χ0n) is 5.32. The van der Waals surface area contributed by atoms with Gasteiger partial charge in [-0.05, 0) is 0 Å². The van der Waals surface area contributed by atoms with Gasteiger partial charge in [0.2, 0.25) is 0 Å². The SMILES string of the molecule is O.O.O.O.O.O.O.O.[O]=[Zr]=[O]. The molecule has 0 atom stereocenters. The summed E-state index contributed by atoms with van der Waals surface area (Å²) in [5.74, 6) is 0. The predicted octanol–water partition coefficient (Wildman–Crippen LogP) is -6.84. The summed E-state index contributed by atoms with van der Waals surface area (Å²) in [5.41, 5.74) is 0. The average Bonchev–Trinajstić information content (AvgIpc) is 0.918. The van der Waals surface area contributed by atoms with Crippen LogP contribution in [0.2, 0.25) is 0 Å². The molecule has 16 N–H and O–H groups in total. The Hall–Kier alpha value is 0.163. The summed E-state index contributed by atoms with van der Waals surface area (Å²) in [6.45, 7) is 0. The third kappa shape index (κ3) is 25500. The van der Waals surface area contributed by atoms with E-state index in [2.05, 4.69) is 0 Å². The van der Waals surface area contributed by atoms with Crippen LogP contribution >= 0.6 is 0 Å². The molecule has 0 aromatic heterocycles. The molecule has 0 saturated carbocycles. The van der Waals surface area contributed by atoms with E-state index in [1.165, 1.54) is 0 Å². The van der Waals surface area contributed by atoms with E-state index in [9.17, 15) is 0 Å². The van der Waals surface area contributed by atoms with Crippen LogP contribution in [-0.4, -0.2) is 43.8 Å². The van der Waals surface area contributed by atoms with Crippen LogP contribution in [-0.2, 0) is 28.9 Å². The van der Waals surface area contributed by atoms with E-state index in [1.807, 2.05) is 0 Å². The van der Waals surface area contributed by atoms with Gasteiger partial charge >= 0.3 is 28.9 Å². The molecule has 0 aliphatic carbocycles. The summed E-state index contributed by atoms with van der Waals surface area (Å²) < 4.78 is 17.1. The van der Waals surface area contributed by atoms with E-state index in [0.29, 0.717) is 0 Å². The van der Waals surface area contributed by atoms with Crippen LogP contribution in [0.3, 0.4) is 0 Å². The minimum atomic E-state index is -2.27. The van der Waals surface area contributed by atoms with Crippen LogP contribution in [0.1, 0.15) is 0 Å². The molecule has 0 radical (unpaired) electrons. The quantitative estimate of drug-likeness (QED) is 0.413. The van der Waals surface area contributed by atoms with E-state index in [-0.39, 0.29) is 43.8 Å². The normalized spacial score (nSPS) is 0.727. The van der Waals surface area contributed by atoms with Crippen LogP contribution in [0.25, 0.3) is 0 Å². The number of rotatable bonds is 0. The molecule has 11 heteroatoms. The third-order valence-electron chi connectivity index (χ3n) is 0. The van der Waals surface area contributed by atoms with Crippen molar-refractivity contribution in [2.75, 3.05) is 0 Å². The van der Waals surface area contributed by atoms with Crippen LogP contribution in [0.4, 0.5) is 0 Å². The van der Waals surface area contributed by atoms with Gasteiger partial charge in [0.25, 0.3) is 0 Å². The fourth-order valence-corrected chi connectivity index (χ4v) is 0. The van der Waals surface area contributed by atoms with Gasteiger partial charge in [-0.3, -0.25) is 0 Å². The van der Waals surface area contributed by atoms with E-state index in [1.54, 1.807) is 0 Å². The average molecular weight is 267 g/mol. The molecule has 0 saturated heterocycles. The van der Waals surface area contributed by atoms with Gasteiger partial charge in [0, 0.05) is 0 Å². The van der Waals surface area contributed by atoms with E-state index < -0.39 is 23.2 Å². The fourth-order valence-electron chi connectivity index (χ4n) is 0. The Morgan fingerprint density at radius 3 is 0.455 bits per heavy atom. The first-order valence-electron chi connectivity index (χ1n) is 0.408. The van der Waals surface area contributed by atoms with Gasteiger partial charge in [-0.2, -0.15) is 0 Å². The summed E-state index contributed by atoms with van der Waals surface area (Å²) in [5, 5.41) is 0. The molecule has 11 heavy (non-hydrogen) atoms. The Balaban J connectivity index is -0.000000000714. The Morgan fingerprint density at radius 2 is 0.455 bits per heavy atom. The Bertz CT molecular complexity index is 25.9. The van der Waals surface area contributed by atoms with Crippen molar-refractivity contribution in [3.05, 3.63) is 0 Å². The van der Waals surface area contributed by atoms with Crippen LogP contribution in [0.15, 0.2) is 0 Å². The second-order valence-electron chi connectivity index (χ2n) is 0.0833. The molecular formula is H16O10Zr. The summed E-state index contributed by atoms with van der Waals surface area (Å²) in [6, 6.07) is 0. The van der Waals surface area contributed by atoms with Gasteiger partial charge in [-0.1, -0.05) is 0 Å². The third-order valence-corrected chi connectivity index (χ3v) is 0. The second kappa shape index (κ2) is 631. The molecule has 0 aromatic rings. The molecule has 10 nitrogen and oxygen atoms in total. The van der Waals surface area contributed by atoms with Crippen LogP contribution in [0, 0.1) is 0 Å². The van der Waals surface area contributed by atoms with E-state index in [0.717, 1.165) is 0 Å². The van der Waals surface area contributed by atoms with Crippen molar-refractivity contribution in [2.45, 2.75) is 0 Å². The van der Waals surface area contributed by atoms with E-state index >= 15 is 0 Å². The molecule has 0 aliphatic rings. The van der Waals surface area contributed by atoms with Gasteiger partial charge in [0.1, 0.15) is 0 Å². The molecule has 0 aromatic carbocycles.